The number of ether oxygens (including phenoxy) is 1. The van der Waals surface area contributed by atoms with E-state index in [1.54, 1.807) is 18.2 Å². The number of nitrogens with one attached hydrogen (secondary N) is 3. The average molecular weight is 807 g/mol. The molecule has 0 radical (unpaired) electrons. The third-order valence-electron chi connectivity index (χ3n) is 10.4. The predicted molar refractivity (Wildman–Crippen MR) is 205 cm³/mol. The topological polar surface area (TPSA) is 167 Å². The number of anilines is 4. The second kappa shape index (κ2) is 16.8. The van der Waals surface area contributed by atoms with Gasteiger partial charge in [0.1, 0.15) is 29.8 Å². The number of imide groups is 2. The van der Waals surface area contributed by atoms with Crippen LogP contribution in [0.15, 0.2) is 54.6 Å². The number of carbonyl (C=O) groups is 5. The molecule has 3 aliphatic rings. The van der Waals surface area contributed by atoms with Crippen molar-refractivity contribution in [1.82, 2.24) is 15.1 Å². The molecule has 306 valence electrons. The van der Waals surface area contributed by atoms with Gasteiger partial charge in [0.2, 0.25) is 17.7 Å². The molecule has 0 saturated carbocycles. The van der Waals surface area contributed by atoms with E-state index < -0.39 is 58.5 Å². The van der Waals surface area contributed by atoms with Crippen LogP contribution in [0.4, 0.5) is 45.1 Å². The minimum absolute atomic E-state index is 0.0326. The number of rotatable bonds is 12. The van der Waals surface area contributed by atoms with Crippen LogP contribution in [0.25, 0.3) is 0 Å². The molecule has 1 unspecified atom stereocenters. The minimum atomic E-state index is -4.87. The third-order valence-corrected chi connectivity index (χ3v) is 10.4. The molecule has 14 nitrogen and oxygen atoms in total. The third kappa shape index (κ3) is 8.90. The number of carbonyl (C=O) groups excluding carboxylic acids is 5. The molecule has 18 heteroatoms. The van der Waals surface area contributed by atoms with Gasteiger partial charge in [0, 0.05) is 50.5 Å². The second-order valence-electron chi connectivity index (χ2n) is 14.7. The van der Waals surface area contributed by atoms with E-state index in [0.717, 1.165) is 17.7 Å². The molecule has 3 aromatic rings. The number of nitrogens with zero attached hydrogens (tertiary/aromatic N) is 5. The van der Waals surface area contributed by atoms with Crippen molar-refractivity contribution in [1.29, 1.82) is 5.26 Å². The zero-order valence-electron chi connectivity index (χ0n) is 32.0. The first kappa shape index (κ1) is 41.6. The molecule has 3 aliphatic heterocycles. The van der Waals surface area contributed by atoms with Crippen molar-refractivity contribution in [2.45, 2.75) is 57.8 Å². The van der Waals surface area contributed by atoms with E-state index in [4.69, 9.17) is 4.74 Å². The molecule has 3 aromatic carbocycles. The highest BCUT2D eigenvalue weighted by atomic mass is 19.4. The van der Waals surface area contributed by atoms with Crippen molar-refractivity contribution in [2.75, 3.05) is 66.3 Å². The summed E-state index contributed by atoms with van der Waals surface area (Å²) >= 11 is 0. The summed E-state index contributed by atoms with van der Waals surface area (Å²) in [4.78, 5) is 69.7. The predicted octanol–water partition coefficient (Wildman–Crippen LogP) is 4.88. The number of halogens is 4. The largest absolute Gasteiger partial charge is 0.492 e. The van der Waals surface area contributed by atoms with Crippen molar-refractivity contribution >= 4 is 52.4 Å². The number of hydrogen-bond donors (Lipinski definition) is 3. The Balaban J connectivity index is 1.00. The smallest absolute Gasteiger partial charge is 0.417 e. The van der Waals surface area contributed by atoms with Gasteiger partial charge in [-0.25, -0.2) is 14.1 Å². The molecule has 3 fully saturated rings. The highest BCUT2D eigenvalue weighted by Crippen LogP contribution is 2.40. The van der Waals surface area contributed by atoms with Crippen molar-refractivity contribution in [3.8, 4) is 11.8 Å². The second-order valence-corrected chi connectivity index (χ2v) is 14.7. The number of nitriles is 1. The Bertz CT molecular complexity index is 2170. The summed E-state index contributed by atoms with van der Waals surface area (Å²) in [5.41, 5.74) is -2.12. The van der Waals surface area contributed by atoms with Crippen LogP contribution in [0.2, 0.25) is 0 Å². The number of piperazine rings is 1. The Kier molecular flexibility index (Phi) is 12.0. The van der Waals surface area contributed by atoms with E-state index in [-0.39, 0.29) is 30.2 Å². The fourth-order valence-corrected chi connectivity index (χ4v) is 7.17. The van der Waals surface area contributed by atoms with E-state index in [0.29, 0.717) is 80.3 Å². The first-order chi connectivity index (χ1) is 27.5. The monoisotopic (exact) mass is 806 g/mol. The van der Waals surface area contributed by atoms with E-state index in [1.807, 2.05) is 11.8 Å². The quantitative estimate of drug-likeness (QED) is 0.130. The number of aryl methyl sites for hydroxylation is 1. The molecule has 0 aromatic heterocycles. The number of alkyl halides is 3. The van der Waals surface area contributed by atoms with Crippen LogP contribution in [0.3, 0.4) is 0 Å². The van der Waals surface area contributed by atoms with Crippen LogP contribution in [0.1, 0.15) is 50.3 Å². The van der Waals surface area contributed by atoms with Gasteiger partial charge >= 0.3 is 12.2 Å². The molecule has 1 atom stereocenters. The Hall–Kier alpha value is -6.06. The summed E-state index contributed by atoms with van der Waals surface area (Å²) in [6.07, 6.45) is -3.88. The molecule has 3 N–H and O–H groups in total. The Morgan fingerprint density at radius 2 is 1.69 bits per heavy atom. The Morgan fingerprint density at radius 3 is 2.36 bits per heavy atom. The normalized spacial score (nSPS) is 18.9. The summed E-state index contributed by atoms with van der Waals surface area (Å²) in [5, 5.41) is 17.0. The SMILES string of the molecule is CCc1cc(N2C(=O)N(c3ccc(C#N)c(C(F)(F)F)c3)C(=O)C2(C)C)ccc1OCCN1CCN(CC(=O)Nc2cc(NC3CCC(=O)NC3=O)ccc2F)CC1. The summed E-state index contributed by atoms with van der Waals surface area (Å²) in [6.45, 7) is 8.32. The molecule has 58 heavy (non-hydrogen) atoms. The van der Waals surface area contributed by atoms with Gasteiger partial charge in [0.25, 0.3) is 5.91 Å². The lowest BCUT2D eigenvalue weighted by Gasteiger charge is -2.34. The summed E-state index contributed by atoms with van der Waals surface area (Å²) in [6, 6.07) is 11.8. The fraction of sp³-hybridized carbons (Fsp3) is 0.400. The van der Waals surface area contributed by atoms with Crippen LogP contribution < -0.4 is 30.5 Å². The molecular weight excluding hydrogens is 764 g/mol. The van der Waals surface area contributed by atoms with Crippen molar-refractivity contribution in [3.63, 3.8) is 0 Å². The maximum atomic E-state index is 14.6. The standard InChI is InChI=1S/C40H42F4N8O6/c1-4-24-19-28(52-38(57)51(37(56)39(52,2)3)27-7-5-25(22-45)29(21-27)40(42,43)44)8-11-33(24)58-18-17-49-13-15-50(16-14-49)23-35(54)47-32-20-26(6-9-30(32)41)46-31-10-12-34(53)48-36(31)55/h5-9,11,19-21,31,46H,4,10,12-18,23H2,1-3H3,(H,47,54)(H,48,53,55). The first-order valence-electron chi connectivity index (χ1n) is 18.7. The highest BCUT2D eigenvalue weighted by molar-refractivity contribution is 6.30. The van der Waals surface area contributed by atoms with Crippen LogP contribution in [-0.4, -0.2) is 96.9 Å². The lowest BCUT2D eigenvalue weighted by atomic mass is 10.0. The molecule has 6 rings (SSSR count). The maximum Gasteiger partial charge on any atom is 0.417 e. The number of benzene rings is 3. The average Bonchev–Trinajstić information content (AvgIpc) is 3.36. The molecule has 3 saturated heterocycles. The van der Waals surface area contributed by atoms with E-state index in [2.05, 4.69) is 20.9 Å². The van der Waals surface area contributed by atoms with E-state index in [1.165, 1.54) is 43.0 Å². The highest BCUT2D eigenvalue weighted by Gasteiger charge is 2.53. The fourth-order valence-electron chi connectivity index (χ4n) is 7.17. The lowest BCUT2D eigenvalue weighted by Crippen LogP contribution is -2.49. The van der Waals surface area contributed by atoms with Crippen LogP contribution in [0.5, 0.6) is 5.75 Å². The number of amides is 6. The van der Waals surface area contributed by atoms with Crippen molar-refractivity contribution in [2.24, 2.45) is 0 Å². The van der Waals surface area contributed by atoms with Gasteiger partial charge in [0.05, 0.1) is 35.1 Å². The van der Waals surface area contributed by atoms with Gasteiger partial charge in [-0.15, -0.1) is 0 Å². The zero-order chi connectivity index (χ0) is 41.9. The number of urea groups is 1. The van der Waals surface area contributed by atoms with Gasteiger partial charge in [-0.2, -0.15) is 18.4 Å². The molecule has 0 bridgehead atoms. The van der Waals surface area contributed by atoms with Crippen molar-refractivity contribution < 1.29 is 46.3 Å². The van der Waals surface area contributed by atoms with E-state index >= 15 is 0 Å². The van der Waals surface area contributed by atoms with Gasteiger partial charge in [0.15, 0.2) is 0 Å². The molecule has 6 amide bonds. The Morgan fingerprint density at radius 1 is 0.983 bits per heavy atom. The Labute approximate surface area is 331 Å². The summed E-state index contributed by atoms with van der Waals surface area (Å²) in [7, 11) is 0. The van der Waals surface area contributed by atoms with Gasteiger partial charge in [-0.3, -0.25) is 39.2 Å². The van der Waals surface area contributed by atoms with Gasteiger partial charge < -0.3 is 15.4 Å². The number of hydrogen-bond acceptors (Lipinski definition) is 10. The van der Waals surface area contributed by atoms with Crippen LogP contribution in [0, 0.1) is 17.1 Å². The minimum Gasteiger partial charge on any atom is -0.492 e. The number of piperidine rings is 1. The molecule has 0 spiro atoms. The van der Waals surface area contributed by atoms with Crippen LogP contribution in [-0.2, 0) is 31.8 Å². The zero-order valence-corrected chi connectivity index (χ0v) is 32.0. The lowest BCUT2D eigenvalue weighted by molar-refractivity contribution is -0.138. The molecule has 0 aliphatic carbocycles. The first-order valence-corrected chi connectivity index (χ1v) is 18.7. The molecular formula is C40H42F4N8O6. The van der Waals surface area contributed by atoms with E-state index in [9.17, 15) is 46.8 Å². The van der Waals surface area contributed by atoms with Crippen molar-refractivity contribution in [3.05, 3.63) is 77.1 Å². The summed E-state index contributed by atoms with van der Waals surface area (Å²) < 4.78 is 61.8. The van der Waals surface area contributed by atoms with Gasteiger partial charge in [-0.05, 0) is 86.8 Å². The van der Waals surface area contributed by atoms with Crippen LogP contribution >= 0.6 is 0 Å². The van der Waals surface area contributed by atoms with Gasteiger partial charge in [-0.1, -0.05) is 6.92 Å². The maximum absolute atomic E-state index is 14.6. The summed E-state index contributed by atoms with van der Waals surface area (Å²) in [5.74, 6) is -2.00. The molecule has 3 heterocycles.